The zero-order valence-electron chi connectivity index (χ0n) is 18.6. The molecule has 0 aliphatic carbocycles. The van der Waals surface area contributed by atoms with Crippen LogP contribution in [0.5, 0.6) is 5.75 Å². The molecule has 0 aliphatic rings. The number of aryl methyl sites for hydroxylation is 2. The van der Waals surface area contributed by atoms with Gasteiger partial charge in [0.25, 0.3) is 5.91 Å². The van der Waals surface area contributed by atoms with Gasteiger partial charge in [-0.15, -0.1) is 0 Å². The van der Waals surface area contributed by atoms with Crippen molar-refractivity contribution in [3.8, 4) is 5.75 Å². The summed E-state index contributed by atoms with van der Waals surface area (Å²) in [4.78, 5) is 23.3. The molecule has 0 unspecified atom stereocenters. The summed E-state index contributed by atoms with van der Waals surface area (Å²) < 4.78 is 8.16. The Morgan fingerprint density at radius 2 is 1.75 bits per heavy atom. The largest absolute Gasteiger partial charge is 0.493 e. The number of rotatable bonds is 9. The first kappa shape index (κ1) is 21.6. The van der Waals surface area contributed by atoms with Gasteiger partial charge < -0.3 is 14.2 Å². The Hall–Kier alpha value is -3.67. The molecule has 2 aromatic heterocycles. The predicted octanol–water partition coefficient (Wildman–Crippen LogP) is 4.87. The molecule has 2 aromatic carbocycles. The third-order valence-electron chi connectivity index (χ3n) is 5.51. The third-order valence-corrected chi connectivity index (χ3v) is 5.51. The van der Waals surface area contributed by atoms with Gasteiger partial charge in [-0.25, -0.2) is 4.98 Å². The molecule has 4 aromatic rings. The SMILES string of the molecule is Cc1ccccc1OCCCCn1c(CN(C)C(=O)c2ccncc2)nc2ccccc21. The predicted molar refractivity (Wildman–Crippen MR) is 126 cm³/mol. The summed E-state index contributed by atoms with van der Waals surface area (Å²) in [6, 6.07) is 19.7. The second-order valence-electron chi connectivity index (χ2n) is 7.89. The van der Waals surface area contributed by atoms with Crippen molar-refractivity contribution < 1.29 is 9.53 Å². The molecule has 0 atom stereocenters. The number of ether oxygens (including phenoxy) is 1. The Morgan fingerprint density at radius 1 is 1.00 bits per heavy atom. The lowest BCUT2D eigenvalue weighted by Crippen LogP contribution is -2.27. The summed E-state index contributed by atoms with van der Waals surface area (Å²) in [6.45, 7) is 4.00. The molecule has 0 bridgehead atoms. The Balaban J connectivity index is 1.42. The standard InChI is InChI=1S/C26H28N4O2/c1-20-9-3-6-12-24(20)32-18-8-7-17-30-23-11-5-4-10-22(23)28-25(30)19-29(2)26(31)21-13-15-27-16-14-21/h3-6,9-16H,7-8,17-19H2,1-2H3. The fraction of sp³-hybridized carbons (Fsp3) is 0.269. The van der Waals surface area contributed by atoms with Gasteiger partial charge in [0.2, 0.25) is 0 Å². The molecule has 0 radical (unpaired) electrons. The molecular weight excluding hydrogens is 400 g/mol. The molecular formula is C26H28N4O2. The minimum absolute atomic E-state index is 0.0439. The molecule has 0 fully saturated rings. The summed E-state index contributed by atoms with van der Waals surface area (Å²) in [5, 5.41) is 0. The highest BCUT2D eigenvalue weighted by atomic mass is 16.5. The molecule has 6 nitrogen and oxygen atoms in total. The van der Waals surface area contributed by atoms with E-state index in [2.05, 4.69) is 28.6 Å². The van der Waals surface area contributed by atoms with Crippen LogP contribution in [0, 0.1) is 6.92 Å². The maximum Gasteiger partial charge on any atom is 0.254 e. The van der Waals surface area contributed by atoms with Gasteiger partial charge in [0.05, 0.1) is 24.2 Å². The Bertz CT molecular complexity index is 1190. The van der Waals surface area contributed by atoms with E-state index in [9.17, 15) is 4.79 Å². The lowest BCUT2D eigenvalue weighted by molar-refractivity contribution is 0.0780. The van der Waals surface area contributed by atoms with E-state index in [0.29, 0.717) is 18.7 Å². The van der Waals surface area contributed by atoms with Gasteiger partial charge in [-0.2, -0.15) is 0 Å². The first-order chi connectivity index (χ1) is 15.6. The maximum absolute atomic E-state index is 12.8. The zero-order chi connectivity index (χ0) is 22.3. The van der Waals surface area contributed by atoms with Crippen LogP contribution in [-0.2, 0) is 13.1 Å². The van der Waals surface area contributed by atoms with E-state index < -0.39 is 0 Å². The van der Waals surface area contributed by atoms with Gasteiger partial charge in [0.1, 0.15) is 11.6 Å². The van der Waals surface area contributed by atoms with Crippen LogP contribution in [0.2, 0.25) is 0 Å². The second kappa shape index (κ2) is 10.1. The highest BCUT2D eigenvalue weighted by molar-refractivity contribution is 5.93. The quantitative estimate of drug-likeness (QED) is 0.357. The van der Waals surface area contributed by atoms with Crippen LogP contribution in [-0.4, -0.2) is 39.0 Å². The maximum atomic E-state index is 12.8. The molecule has 0 spiro atoms. The molecule has 164 valence electrons. The average Bonchev–Trinajstić information content (AvgIpc) is 3.17. The van der Waals surface area contributed by atoms with Gasteiger partial charge in [-0.1, -0.05) is 30.3 Å². The van der Waals surface area contributed by atoms with Crippen molar-refractivity contribution in [2.45, 2.75) is 32.9 Å². The van der Waals surface area contributed by atoms with Crippen molar-refractivity contribution >= 4 is 16.9 Å². The molecule has 2 heterocycles. The Kier molecular flexibility index (Phi) is 6.80. The van der Waals surface area contributed by atoms with Crippen molar-refractivity contribution in [2.75, 3.05) is 13.7 Å². The topological polar surface area (TPSA) is 60.2 Å². The fourth-order valence-electron chi connectivity index (χ4n) is 3.77. The summed E-state index contributed by atoms with van der Waals surface area (Å²) in [7, 11) is 1.81. The number of para-hydroxylation sites is 3. The number of fused-ring (bicyclic) bond motifs is 1. The molecule has 0 saturated heterocycles. The number of aromatic nitrogens is 3. The Labute approximate surface area is 188 Å². The number of carbonyl (C=O) groups is 1. The van der Waals surface area contributed by atoms with Gasteiger partial charge in [-0.3, -0.25) is 9.78 Å². The van der Waals surface area contributed by atoms with E-state index in [4.69, 9.17) is 9.72 Å². The van der Waals surface area contributed by atoms with Crippen molar-refractivity contribution in [1.29, 1.82) is 0 Å². The average molecular weight is 429 g/mol. The molecule has 32 heavy (non-hydrogen) atoms. The van der Waals surface area contributed by atoms with E-state index in [-0.39, 0.29) is 5.91 Å². The van der Waals surface area contributed by atoms with Gasteiger partial charge in [0, 0.05) is 31.5 Å². The molecule has 4 rings (SSSR count). The number of benzene rings is 2. The van der Waals surface area contributed by atoms with Crippen LogP contribution in [0.25, 0.3) is 11.0 Å². The minimum Gasteiger partial charge on any atom is -0.493 e. The van der Waals surface area contributed by atoms with Crippen molar-refractivity contribution in [3.63, 3.8) is 0 Å². The number of hydrogen-bond acceptors (Lipinski definition) is 4. The van der Waals surface area contributed by atoms with E-state index in [0.717, 1.165) is 47.6 Å². The summed E-state index contributed by atoms with van der Waals surface area (Å²) in [5.74, 6) is 1.78. The van der Waals surface area contributed by atoms with Crippen LogP contribution in [0.3, 0.4) is 0 Å². The first-order valence-electron chi connectivity index (χ1n) is 10.9. The van der Waals surface area contributed by atoms with Crippen LogP contribution >= 0.6 is 0 Å². The smallest absolute Gasteiger partial charge is 0.254 e. The molecule has 0 saturated carbocycles. The number of hydrogen-bond donors (Lipinski definition) is 0. The summed E-state index contributed by atoms with van der Waals surface area (Å²) in [6.07, 6.45) is 5.16. The number of imidazole rings is 1. The lowest BCUT2D eigenvalue weighted by Gasteiger charge is -2.18. The molecule has 0 N–H and O–H groups in total. The third kappa shape index (κ3) is 4.97. The molecule has 0 aliphatic heterocycles. The fourth-order valence-corrected chi connectivity index (χ4v) is 3.77. The number of pyridine rings is 1. The van der Waals surface area contributed by atoms with Crippen molar-refractivity contribution in [1.82, 2.24) is 19.4 Å². The van der Waals surface area contributed by atoms with E-state index >= 15 is 0 Å². The summed E-state index contributed by atoms with van der Waals surface area (Å²) in [5.41, 5.74) is 3.81. The van der Waals surface area contributed by atoms with Gasteiger partial charge in [0.15, 0.2) is 0 Å². The van der Waals surface area contributed by atoms with Crippen LogP contribution in [0.4, 0.5) is 0 Å². The summed E-state index contributed by atoms with van der Waals surface area (Å²) >= 11 is 0. The molecule has 6 heteroatoms. The number of amides is 1. The lowest BCUT2D eigenvalue weighted by atomic mass is 10.2. The molecule has 1 amide bonds. The second-order valence-corrected chi connectivity index (χ2v) is 7.89. The normalized spacial score (nSPS) is 10.9. The van der Waals surface area contributed by atoms with E-state index in [1.165, 1.54) is 0 Å². The monoisotopic (exact) mass is 428 g/mol. The number of carbonyl (C=O) groups excluding carboxylic acids is 1. The highest BCUT2D eigenvalue weighted by Gasteiger charge is 2.17. The van der Waals surface area contributed by atoms with Gasteiger partial charge in [-0.05, 0) is 55.7 Å². The number of nitrogens with zero attached hydrogens (tertiary/aromatic N) is 4. The minimum atomic E-state index is -0.0439. The Morgan fingerprint density at radius 3 is 2.56 bits per heavy atom. The van der Waals surface area contributed by atoms with Crippen molar-refractivity contribution in [2.24, 2.45) is 0 Å². The van der Waals surface area contributed by atoms with Crippen LogP contribution in [0.15, 0.2) is 73.1 Å². The zero-order valence-corrected chi connectivity index (χ0v) is 18.6. The van der Waals surface area contributed by atoms with E-state index in [1.807, 2.05) is 43.4 Å². The highest BCUT2D eigenvalue weighted by Crippen LogP contribution is 2.20. The van der Waals surface area contributed by atoms with Crippen molar-refractivity contribution in [3.05, 3.63) is 90.0 Å². The van der Waals surface area contributed by atoms with Crippen LogP contribution in [0.1, 0.15) is 34.6 Å². The van der Waals surface area contributed by atoms with Gasteiger partial charge >= 0.3 is 0 Å². The van der Waals surface area contributed by atoms with E-state index in [1.54, 1.807) is 29.4 Å². The first-order valence-corrected chi connectivity index (χ1v) is 10.9. The number of unbranched alkanes of at least 4 members (excludes halogenated alkanes) is 1. The van der Waals surface area contributed by atoms with Crippen LogP contribution < -0.4 is 4.74 Å².